The lowest BCUT2D eigenvalue weighted by atomic mass is 9.86. The van der Waals surface area contributed by atoms with Crippen molar-refractivity contribution in [1.82, 2.24) is 9.88 Å². The third-order valence-electron chi connectivity index (χ3n) is 5.38. The maximum atomic E-state index is 13.0. The second-order valence-corrected chi connectivity index (χ2v) is 7.10. The van der Waals surface area contributed by atoms with Crippen LogP contribution in [-0.4, -0.2) is 54.8 Å². The molecule has 1 amide bonds. The molecule has 148 valence electrons. The van der Waals surface area contributed by atoms with Gasteiger partial charge >= 0.3 is 12.1 Å². The second-order valence-electron chi connectivity index (χ2n) is 7.10. The van der Waals surface area contributed by atoms with Gasteiger partial charge in [0.05, 0.1) is 7.11 Å². The SMILES string of the molecule is COC(=O)c1coc(CN(C(=O)O[C@H]2CN3CCC2CC3)c2ccccc2)n1. The van der Waals surface area contributed by atoms with Crippen molar-refractivity contribution in [1.29, 1.82) is 0 Å². The average molecular weight is 385 g/mol. The van der Waals surface area contributed by atoms with E-state index in [2.05, 4.69) is 14.6 Å². The molecule has 3 aliphatic rings. The number of aromatic nitrogens is 1. The van der Waals surface area contributed by atoms with Crippen LogP contribution in [0.15, 0.2) is 41.0 Å². The molecule has 28 heavy (non-hydrogen) atoms. The molecule has 0 radical (unpaired) electrons. The number of anilines is 1. The number of methoxy groups -OCH3 is 1. The van der Waals surface area contributed by atoms with E-state index in [0.29, 0.717) is 11.6 Å². The van der Waals surface area contributed by atoms with Crippen LogP contribution in [0.4, 0.5) is 10.5 Å². The van der Waals surface area contributed by atoms with Gasteiger partial charge in [-0.05, 0) is 44.0 Å². The quantitative estimate of drug-likeness (QED) is 0.732. The molecule has 3 fully saturated rings. The molecule has 2 aromatic rings. The molecule has 1 aromatic heterocycles. The Morgan fingerprint density at radius 2 is 2.00 bits per heavy atom. The van der Waals surface area contributed by atoms with Crippen LogP contribution in [0.3, 0.4) is 0 Å². The van der Waals surface area contributed by atoms with Crippen molar-refractivity contribution in [2.45, 2.75) is 25.5 Å². The molecule has 8 nitrogen and oxygen atoms in total. The summed E-state index contributed by atoms with van der Waals surface area (Å²) in [7, 11) is 1.28. The summed E-state index contributed by atoms with van der Waals surface area (Å²) in [5.41, 5.74) is 0.739. The molecule has 3 aliphatic heterocycles. The monoisotopic (exact) mass is 385 g/mol. The highest BCUT2D eigenvalue weighted by atomic mass is 16.6. The Hall–Kier alpha value is -2.87. The van der Waals surface area contributed by atoms with E-state index in [-0.39, 0.29) is 24.2 Å². The molecule has 0 unspecified atom stereocenters. The first-order chi connectivity index (χ1) is 13.6. The normalized spacial score (nSPS) is 23.2. The van der Waals surface area contributed by atoms with Gasteiger partial charge in [-0.25, -0.2) is 14.6 Å². The van der Waals surface area contributed by atoms with Crippen LogP contribution < -0.4 is 4.90 Å². The maximum Gasteiger partial charge on any atom is 0.415 e. The van der Waals surface area contributed by atoms with Gasteiger partial charge in [0.25, 0.3) is 0 Å². The zero-order valence-corrected chi connectivity index (χ0v) is 15.7. The summed E-state index contributed by atoms with van der Waals surface area (Å²) in [6, 6.07) is 9.21. The lowest BCUT2D eigenvalue weighted by Crippen LogP contribution is -2.53. The number of hydrogen-bond acceptors (Lipinski definition) is 7. The number of oxazole rings is 1. The molecule has 0 N–H and O–H groups in total. The van der Waals surface area contributed by atoms with E-state index in [1.807, 2.05) is 30.3 Å². The smallest absolute Gasteiger partial charge is 0.415 e. The van der Waals surface area contributed by atoms with E-state index in [1.165, 1.54) is 18.3 Å². The van der Waals surface area contributed by atoms with E-state index >= 15 is 0 Å². The predicted molar refractivity (Wildman–Crippen MR) is 99.9 cm³/mol. The second kappa shape index (κ2) is 8.02. The van der Waals surface area contributed by atoms with Crippen LogP contribution >= 0.6 is 0 Å². The fraction of sp³-hybridized carbons (Fsp3) is 0.450. The molecular weight excluding hydrogens is 362 g/mol. The molecule has 8 heteroatoms. The summed E-state index contributed by atoms with van der Waals surface area (Å²) in [5.74, 6) is 0.0606. The van der Waals surface area contributed by atoms with E-state index in [0.717, 1.165) is 32.5 Å². The van der Waals surface area contributed by atoms with Crippen LogP contribution in [0, 0.1) is 5.92 Å². The number of rotatable bonds is 5. The van der Waals surface area contributed by atoms with E-state index in [4.69, 9.17) is 9.15 Å². The molecule has 1 atom stereocenters. The maximum absolute atomic E-state index is 13.0. The molecule has 0 spiro atoms. The summed E-state index contributed by atoms with van der Waals surface area (Å²) < 4.78 is 15.9. The summed E-state index contributed by atoms with van der Waals surface area (Å²) in [5, 5.41) is 0. The van der Waals surface area contributed by atoms with Gasteiger partial charge in [0.15, 0.2) is 5.69 Å². The van der Waals surface area contributed by atoms with Crippen molar-refractivity contribution in [2.24, 2.45) is 5.92 Å². The number of esters is 1. The Bertz CT molecular complexity index is 829. The summed E-state index contributed by atoms with van der Waals surface area (Å²) in [6.07, 6.45) is 2.80. The summed E-state index contributed by atoms with van der Waals surface area (Å²) in [4.78, 5) is 32.5. The number of fused-ring (bicyclic) bond motifs is 3. The number of amides is 1. The van der Waals surface area contributed by atoms with Crippen molar-refractivity contribution < 1.29 is 23.5 Å². The Balaban J connectivity index is 1.51. The average Bonchev–Trinajstić information content (AvgIpc) is 3.21. The van der Waals surface area contributed by atoms with Crippen LogP contribution in [0.5, 0.6) is 0 Å². The highest BCUT2D eigenvalue weighted by Crippen LogP contribution is 2.30. The fourth-order valence-corrected chi connectivity index (χ4v) is 3.82. The van der Waals surface area contributed by atoms with Crippen molar-refractivity contribution >= 4 is 17.7 Å². The Kier molecular flexibility index (Phi) is 5.29. The number of ether oxygens (including phenoxy) is 2. The standard InChI is InChI=1S/C20H23N3O5/c1-26-19(24)16-13-27-18(21-16)12-23(15-5-3-2-4-6-15)20(25)28-17-11-22-9-7-14(17)8-10-22/h2-6,13-14,17H,7-12H2,1H3/t17-/m0/s1. The summed E-state index contributed by atoms with van der Waals surface area (Å²) >= 11 is 0. The highest BCUT2D eigenvalue weighted by Gasteiger charge is 2.37. The minimum atomic E-state index is -0.587. The van der Waals surface area contributed by atoms with E-state index in [1.54, 1.807) is 0 Å². The molecule has 0 saturated carbocycles. The van der Waals surface area contributed by atoms with Gasteiger partial charge in [-0.15, -0.1) is 0 Å². The van der Waals surface area contributed by atoms with Gasteiger partial charge < -0.3 is 13.9 Å². The lowest BCUT2D eigenvalue weighted by molar-refractivity contribution is -0.0312. The fourth-order valence-electron chi connectivity index (χ4n) is 3.82. The van der Waals surface area contributed by atoms with Crippen LogP contribution in [0.1, 0.15) is 29.2 Å². The largest absolute Gasteiger partial charge is 0.464 e. The third-order valence-corrected chi connectivity index (χ3v) is 5.38. The van der Waals surface area contributed by atoms with Gasteiger partial charge in [-0.3, -0.25) is 9.80 Å². The molecule has 4 heterocycles. The van der Waals surface area contributed by atoms with Crippen LogP contribution in [0.2, 0.25) is 0 Å². The van der Waals surface area contributed by atoms with Crippen molar-refractivity contribution in [3.05, 3.63) is 48.2 Å². The first kappa shape index (κ1) is 18.5. The highest BCUT2D eigenvalue weighted by molar-refractivity contribution is 5.88. The zero-order chi connectivity index (χ0) is 19.5. The van der Waals surface area contributed by atoms with E-state index < -0.39 is 12.1 Å². The molecular formula is C20H23N3O5. The minimum absolute atomic E-state index is 0.0565. The van der Waals surface area contributed by atoms with E-state index in [9.17, 15) is 9.59 Å². The van der Waals surface area contributed by atoms with Crippen LogP contribution in [-0.2, 0) is 16.0 Å². The Morgan fingerprint density at radius 1 is 1.25 bits per heavy atom. The van der Waals surface area contributed by atoms with Crippen molar-refractivity contribution in [3.63, 3.8) is 0 Å². The molecule has 0 aliphatic carbocycles. The first-order valence-corrected chi connectivity index (χ1v) is 9.42. The number of para-hydroxylation sites is 1. The first-order valence-electron chi connectivity index (χ1n) is 9.42. The number of hydrogen-bond donors (Lipinski definition) is 0. The van der Waals surface area contributed by atoms with Crippen molar-refractivity contribution in [2.75, 3.05) is 31.6 Å². The molecule has 3 saturated heterocycles. The van der Waals surface area contributed by atoms with Gasteiger partial charge in [-0.1, -0.05) is 18.2 Å². The summed E-state index contributed by atoms with van der Waals surface area (Å²) in [6.45, 7) is 2.99. The Labute approximate surface area is 163 Å². The van der Waals surface area contributed by atoms with Gasteiger partial charge in [0.2, 0.25) is 5.89 Å². The number of carbonyl (C=O) groups excluding carboxylic acids is 2. The molecule has 1 aromatic carbocycles. The van der Waals surface area contributed by atoms with Crippen molar-refractivity contribution in [3.8, 4) is 0 Å². The van der Waals surface area contributed by atoms with Gasteiger partial charge in [0.1, 0.15) is 18.9 Å². The Morgan fingerprint density at radius 3 is 2.64 bits per heavy atom. The van der Waals surface area contributed by atoms with Gasteiger partial charge in [-0.2, -0.15) is 0 Å². The third kappa shape index (κ3) is 3.87. The number of benzene rings is 1. The topological polar surface area (TPSA) is 85.1 Å². The number of carbonyl (C=O) groups is 2. The predicted octanol–water partition coefficient (Wildman–Crippen LogP) is 2.70. The zero-order valence-electron chi connectivity index (χ0n) is 15.7. The molecule has 5 rings (SSSR count). The lowest BCUT2D eigenvalue weighted by Gasteiger charge is -2.44. The minimum Gasteiger partial charge on any atom is -0.464 e. The van der Waals surface area contributed by atoms with Crippen LogP contribution in [0.25, 0.3) is 0 Å². The van der Waals surface area contributed by atoms with Gasteiger partial charge in [0, 0.05) is 12.2 Å². The molecule has 2 bridgehead atoms. The number of piperidine rings is 3. The number of nitrogens with zero attached hydrogens (tertiary/aromatic N) is 3.